The lowest BCUT2D eigenvalue weighted by Gasteiger charge is -2.22. The number of hydrogen-bond acceptors (Lipinski definition) is 5. The summed E-state index contributed by atoms with van der Waals surface area (Å²) in [6, 6.07) is 15.3. The first-order valence-electron chi connectivity index (χ1n) is 10.6. The number of hydrogen-bond donors (Lipinski definition) is 1. The molecule has 4 rings (SSSR count). The maximum absolute atomic E-state index is 13.2. The number of carbonyl (C=O) groups excluding carboxylic acids is 2. The highest BCUT2D eigenvalue weighted by atomic mass is 32.1. The maximum atomic E-state index is 13.2. The molecule has 1 atom stereocenters. The van der Waals surface area contributed by atoms with Crippen molar-refractivity contribution in [1.29, 1.82) is 0 Å². The lowest BCUT2D eigenvalue weighted by Crippen LogP contribution is -2.40. The van der Waals surface area contributed by atoms with E-state index in [0.717, 1.165) is 16.3 Å². The Morgan fingerprint density at radius 1 is 1.09 bits per heavy atom. The van der Waals surface area contributed by atoms with E-state index in [4.69, 9.17) is 4.74 Å². The molecule has 3 amide bonds. The van der Waals surface area contributed by atoms with Crippen molar-refractivity contribution >= 4 is 23.3 Å². The van der Waals surface area contributed by atoms with Gasteiger partial charge in [-0.1, -0.05) is 55.8 Å². The molecule has 1 aliphatic rings. The lowest BCUT2D eigenvalue weighted by molar-refractivity contribution is -0.131. The van der Waals surface area contributed by atoms with E-state index in [2.05, 4.69) is 24.1 Å². The number of urea groups is 1. The fourth-order valence-electron chi connectivity index (χ4n) is 3.67. The van der Waals surface area contributed by atoms with Crippen molar-refractivity contribution in [2.24, 2.45) is 0 Å². The minimum Gasteiger partial charge on any atom is -0.486 e. The number of nitrogens with one attached hydrogen (secondary N) is 1. The van der Waals surface area contributed by atoms with Gasteiger partial charge in [0, 0.05) is 5.38 Å². The summed E-state index contributed by atoms with van der Waals surface area (Å²) in [5.74, 6) is 0.905. The van der Waals surface area contributed by atoms with Crippen LogP contribution in [-0.2, 0) is 23.5 Å². The molecular formula is C25H27N3O3S. The van der Waals surface area contributed by atoms with Crippen molar-refractivity contribution in [2.75, 3.05) is 0 Å². The van der Waals surface area contributed by atoms with Crippen LogP contribution >= 0.6 is 11.3 Å². The second-order valence-electron chi connectivity index (χ2n) is 8.56. The van der Waals surface area contributed by atoms with Gasteiger partial charge in [0.2, 0.25) is 0 Å². The number of carbonyl (C=O) groups is 2. The second kappa shape index (κ2) is 8.74. The smallest absolute Gasteiger partial charge is 0.325 e. The molecule has 1 saturated heterocycles. The van der Waals surface area contributed by atoms with Gasteiger partial charge >= 0.3 is 6.03 Å². The van der Waals surface area contributed by atoms with Gasteiger partial charge < -0.3 is 10.1 Å². The van der Waals surface area contributed by atoms with Gasteiger partial charge in [-0.05, 0) is 43.0 Å². The number of thiazole rings is 1. The average Bonchev–Trinajstić information content (AvgIpc) is 3.32. The number of amides is 3. The van der Waals surface area contributed by atoms with Crippen molar-refractivity contribution in [3.05, 3.63) is 81.3 Å². The van der Waals surface area contributed by atoms with Crippen molar-refractivity contribution < 1.29 is 14.3 Å². The molecule has 0 spiro atoms. The largest absolute Gasteiger partial charge is 0.486 e. The first kappa shape index (κ1) is 22.0. The summed E-state index contributed by atoms with van der Waals surface area (Å²) >= 11 is 1.45. The summed E-state index contributed by atoms with van der Waals surface area (Å²) in [5.41, 5.74) is 2.72. The Labute approximate surface area is 192 Å². The van der Waals surface area contributed by atoms with Crippen LogP contribution in [0.25, 0.3) is 0 Å². The van der Waals surface area contributed by atoms with Crippen LogP contribution in [0.5, 0.6) is 5.75 Å². The SMILES string of the molecule is Cc1ccc(OCc2nc(CN3C(=O)NC(C)(c4ccc(C(C)C)cc4)C3=O)cs2)cc1. The van der Waals surface area contributed by atoms with Crippen LogP contribution in [0.4, 0.5) is 4.79 Å². The van der Waals surface area contributed by atoms with Crippen molar-refractivity contribution in [1.82, 2.24) is 15.2 Å². The van der Waals surface area contributed by atoms with Gasteiger partial charge in [0.25, 0.3) is 5.91 Å². The standard InChI is InChI=1S/C25H27N3O3S/c1-16(2)18-7-9-19(10-8-18)25(4)23(29)28(24(30)27-25)13-20-15-32-22(26-20)14-31-21-11-5-17(3)6-12-21/h5-12,15-16H,13-14H2,1-4H3,(H,27,30). The van der Waals surface area contributed by atoms with Gasteiger partial charge in [-0.2, -0.15) is 0 Å². The molecule has 0 saturated carbocycles. The molecule has 6 nitrogen and oxygen atoms in total. The van der Waals surface area contributed by atoms with Gasteiger partial charge in [0.15, 0.2) is 0 Å². The van der Waals surface area contributed by atoms with E-state index in [9.17, 15) is 9.59 Å². The van der Waals surface area contributed by atoms with Crippen molar-refractivity contribution in [2.45, 2.75) is 52.3 Å². The number of benzene rings is 2. The highest BCUT2D eigenvalue weighted by Crippen LogP contribution is 2.31. The van der Waals surface area contributed by atoms with Crippen LogP contribution in [0.15, 0.2) is 53.9 Å². The first-order valence-corrected chi connectivity index (χ1v) is 11.5. The van der Waals surface area contributed by atoms with Gasteiger partial charge in [-0.15, -0.1) is 11.3 Å². The number of imide groups is 1. The molecule has 1 fully saturated rings. The Hall–Kier alpha value is -3.19. The molecule has 1 unspecified atom stereocenters. The Bertz CT molecular complexity index is 1120. The Morgan fingerprint density at radius 2 is 1.78 bits per heavy atom. The van der Waals surface area contributed by atoms with E-state index in [1.165, 1.54) is 27.4 Å². The zero-order chi connectivity index (χ0) is 22.9. The minimum absolute atomic E-state index is 0.130. The molecule has 32 heavy (non-hydrogen) atoms. The molecule has 0 aliphatic carbocycles. The van der Waals surface area contributed by atoms with E-state index in [1.807, 2.05) is 60.8 Å². The van der Waals surface area contributed by atoms with Crippen LogP contribution in [0.3, 0.4) is 0 Å². The quantitative estimate of drug-likeness (QED) is 0.508. The van der Waals surface area contributed by atoms with Crippen LogP contribution in [0, 0.1) is 6.92 Å². The van der Waals surface area contributed by atoms with Crippen LogP contribution in [0.1, 0.15) is 54.1 Å². The molecule has 3 aromatic rings. The van der Waals surface area contributed by atoms with Crippen LogP contribution < -0.4 is 10.1 Å². The highest BCUT2D eigenvalue weighted by molar-refractivity contribution is 7.09. The maximum Gasteiger partial charge on any atom is 0.325 e. The zero-order valence-corrected chi connectivity index (χ0v) is 19.5. The highest BCUT2D eigenvalue weighted by Gasteiger charge is 2.49. The fourth-order valence-corrected chi connectivity index (χ4v) is 4.36. The molecule has 0 bridgehead atoms. The number of rotatable bonds is 7. The van der Waals surface area contributed by atoms with Gasteiger partial charge in [-0.25, -0.2) is 9.78 Å². The minimum atomic E-state index is -1.08. The van der Waals surface area contributed by atoms with Crippen molar-refractivity contribution in [3.63, 3.8) is 0 Å². The van der Waals surface area contributed by atoms with Crippen molar-refractivity contribution in [3.8, 4) is 5.75 Å². The number of nitrogens with zero attached hydrogens (tertiary/aromatic N) is 2. The van der Waals surface area contributed by atoms with Gasteiger partial charge in [0.05, 0.1) is 12.2 Å². The van der Waals surface area contributed by atoms with Crippen LogP contribution in [0.2, 0.25) is 0 Å². The lowest BCUT2D eigenvalue weighted by atomic mass is 9.90. The number of ether oxygens (including phenoxy) is 1. The third kappa shape index (κ3) is 4.39. The predicted octanol–water partition coefficient (Wildman–Crippen LogP) is 5.12. The average molecular weight is 450 g/mol. The molecule has 166 valence electrons. The summed E-state index contributed by atoms with van der Waals surface area (Å²) < 4.78 is 5.78. The molecule has 2 aromatic carbocycles. The van der Waals surface area contributed by atoms with Gasteiger partial charge in [0.1, 0.15) is 22.9 Å². The molecule has 0 radical (unpaired) electrons. The third-order valence-electron chi connectivity index (χ3n) is 5.73. The first-order chi connectivity index (χ1) is 15.3. The molecular weight excluding hydrogens is 422 g/mol. The normalized spacial score (nSPS) is 18.3. The summed E-state index contributed by atoms with van der Waals surface area (Å²) in [5, 5.41) is 5.52. The monoisotopic (exact) mass is 449 g/mol. The molecule has 1 aliphatic heterocycles. The third-order valence-corrected chi connectivity index (χ3v) is 6.60. The molecule has 1 aromatic heterocycles. The molecule has 2 heterocycles. The molecule has 7 heteroatoms. The predicted molar refractivity (Wildman–Crippen MR) is 125 cm³/mol. The van der Waals surface area contributed by atoms with Crippen LogP contribution in [-0.4, -0.2) is 21.8 Å². The van der Waals surface area contributed by atoms with E-state index in [-0.39, 0.29) is 12.5 Å². The fraction of sp³-hybridized carbons (Fsp3) is 0.320. The van der Waals surface area contributed by atoms with E-state index >= 15 is 0 Å². The Kier molecular flexibility index (Phi) is 6.02. The molecule has 1 N–H and O–H groups in total. The summed E-state index contributed by atoms with van der Waals surface area (Å²) in [7, 11) is 0. The van der Waals surface area contributed by atoms with E-state index < -0.39 is 11.6 Å². The van der Waals surface area contributed by atoms with E-state index in [1.54, 1.807) is 6.92 Å². The number of aromatic nitrogens is 1. The summed E-state index contributed by atoms with van der Waals surface area (Å²) in [4.78, 5) is 31.6. The van der Waals surface area contributed by atoms with Gasteiger partial charge in [-0.3, -0.25) is 9.69 Å². The second-order valence-corrected chi connectivity index (χ2v) is 9.50. The summed E-state index contributed by atoms with van der Waals surface area (Å²) in [6.07, 6.45) is 0. The van der Waals surface area contributed by atoms with E-state index in [0.29, 0.717) is 18.2 Å². The topological polar surface area (TPSA) is 71.5 Å². The Morgan fingerprint density at radius 3 is 2.44 bits per heavy atom. The zero-order valence-electron chi connectivity index (χ0n) is 18.7. The number of aryl methyl sites for hydroxylation is 1. The summed E-state index contributed by atoms with van der Waals surface area (Å²) in [6.45, 7) is 8.49. The Balaban J connectivity index is 1.43.